The molecule has 0 unspecified atom stereocenters. The summed E-state index contributed by atoms with van der Waals surface area (Å²) in [6.45, 7) is -0.389. The van der Waals surface area contributed by atoms with Gasteiger partial charge in [-0.1, -0.05) is 48.5 Å². The van der Waals surface area contributed by atoms with Gasteiger partial charge in [0, 0.05) is 44.1 Å². The number of piperidine rings is 1. The van der Waals surface area contributed by atoms with Crippen LogP contribution < -0.4 is 15.4 Å². The highest BCUT2D eigenvalue weighted by Crippen LogP contribution is 2.31. The van der Waals surface area contributed by atoms with Gasteiger partial charge in [0.05, 0.1) is 18.2 Å². The summed E-state index contributed by atoms with van der Waals surface area (Å²) in [5.41, 5.74) is 3.84. The molecule has 0 radical (unpaired) electrons. The normalized spacial score (nSPS) is 16.9. The lowest BCUT2D eigenvalue weighted by molar-refractivity contribution is -0.133. The summed E-state index contributed by atoms with van der Waals surface area (Å²) in [5.74, 6) is -0.353. The lowest BCUT2D eigenvalue weighted by atomic mass is 9.85. The van der Waals surface area contributed by atoms with E-state index >= 15 is 0 Å². The van der Waals surface area contributed by atoms with Gasteiger partial charge >= 0.3 is 6.61 Å². The third kappa shape index (κ3) is 7.39. The van der Waals surface area contributed by atoms with Crippen LogP contribution in [0.25, 0.3) is 11.1 Å². The number of hydrogen-bond acceptors (Lipinski definition) is 5. The van der Waals surface area contributed by atoms with Gasteiger partial charge in [0.25, 0.3) is 0 Å². The van der Waals surface area contributed by atoms with E-state index in [4.69, 9.17) is 10.00 Å². The van der Waals surface area contributed by atoms with Crippen molar-refractivity contribution in [1.29, 1.82) is 5.26 Å². The van der Waals surface area contributed by atoms with Gasteiger partial charge in [-0.2, -0.15) is 14.0 Å². The van der Waals surface area contributed by atoms with Crippen molar-refractivity contribution in [1.82, 2.24) is 15.5 Å². The predicted octanol–water partition coefficient (Wildman–Crippen LogP) is 4.44. The number of carbonyl (C=O) groups is 2. The van der Waals surface area contributed by atoms with E-state index in [2.05, 4.69) is 16.7 Å². The van der Waals surface area contributed by atoms with Crippen molar-refractivity contribution in [2.75, 3.05) is 19.6 Å². The summed E-state index contributed by atoms with van der Waals surface area (Å²) in [7, 11) is 0. The van der Waals surface area contributed by atoms with Crippen LogP contribution >= 0.6 is 0 Å². The Balaban J connectivity index is 1.55. The van der Waals surface area contributed by atoms with E-state index in [1.54, 1.807) is 23.1 Å². The van der Waals surface area contributed by atoms with Crippen molar-refractivity contribution >= 4 is 11.8 Å². The second-order valence-electron chi connectivity index (χ2n) is 9.43. The van der Waals surface area contributed by atoms with E-state index in [1.807, 2.05) is 48.5 Å². The molecule has 202 valence electrons. The number of benzene rings is 3. The fourth-order valence-electron chi connectivity index (χ4n) is 4.86. The monoisotopic (exact) mass is 532 g/mol. The third-order valence-electron chi connectivity index (χ3n) is 6.86. The maximum atomic E-state index is 13.2. The Bertz CT molecular complexity index is 1330. The number of rotatable bonds is 9. The minimum atomic E-state index is -2.96. The van der Waals surface area contributed by atoms with Crippen molar-refractivity contribution in [3.8, 4) is 22.9 Å². The molecular weight excluding hydrogens is 502 g/mol. The summed E-state index contributed by atoms with van der Waals surface area (Å²) in [5, 5.41) is 15.2. The zero-order valence-corrected chi connectivity index (χ0v) is 21.6. The fourth-order valence-corrected chi connectivity index (χ4v) is 4.86. The first-order chi connectivity index (χ1) is 18.8. The molecule has 0 aromatic heterocycles. The first kappa shape index (κ1) is 27.7. The molecule has 0 aliphatic carbocycles. The molecule has 3 aromatic rings. The SMILES string of the molecule is CC(=O)NCC(=O)N1CC[C@H](NCc2cc(-c3ccc(C#N)cc3)ccc2OC(F)F)[C@H](c2ccccc2)C1. The highest BCUT2D eigenvalue weighted by Gasteiger charge is 2.32. The lowest BCUT2D eigenvalue weighted by Gasteiger charge is -2.39. The number of halogens is 2. The molecule has 0 saturated carbocycles. The van der Waals surface area contributed by atoms with Crippen molar-refractivity contribution in [2.24, 2.45) is 0 Å². The first-order valence-electron chi connectivity index (χ1n) is 12.7. The van der Waals surface area contributed by atoms with E-state index in [1.165, 1.54) is 13.0 Å². The average Bonchev–Trinajstić information content (AvgIpc) is 2.95. The minimum absolute atomic E-state index is 0.0322. The molecule has 1 fully saturated rings. The minimum Gasteiger partial charge on any atom is -0.434 e. The van der Waals surface area contributed by atoms with E-state index in [9.17, 15) is 18.4 Å². The maximum absolute atomic E-state index is 13.2. The number of nitrogens with zero attached hydrogens (tertiary/aromatic N) is 2. The topological polar surface area (TPSA) is 94.5 Å². The number of likely N-dealkylation sites (tertiary alicyclic amines) is 1. The second-order valence-corrected chi connectivity index (χ2v) is 9.43. The standard InChI is InChI=1S/C30H30F2N4O3/c1-20(37)34-18-29(38)36-14-13-27(26(19-36)23-5-3-2-4-6-23)35-17-25-15-24(11-12-28(25)39-30(31)32)22-9-7-21(16-33)8-10-22/h2-12,15,26-27,30,35H,13-14,17-19H2,1H3,(H,34,37)/t26-,27-/m0/s1. The van der Waals surface area contributed by atoms with Gasteiger partial charge in [0.2, 0.25) is 11.8 Å². The Morgan fingerprint density at radius 2 is 1.79 bits per heavy atom. The number of hydrogen-bond donors (Lipinski definition) is 2. The maximum Gasteiger partial charge on any atom is 0.387 e. The lowest BCUT2D eigenvalue weighted by Crippen LogP contribution is -2.51. The Kier molecular flexibility index (Phi) is 9.23. The van der Waals surface area contributed by atoms with Crippen LogP contribution in [0.5, 0.6) is 5.75 Å². The molecule has 1 saturated heterocycles. The Labute approximate surface area is 226 Å². The molecule has 4 rings (SSSR count). The highest BCUT2D eigenvalue weighted by molar-refractivity contribution is 5.83. The van der Waals surface area contributed by atoms with Crippen LogP contribution in [-0.2, 0) is 16.1 Å². The zero-order valence-electron chi connectivity index (χ0n) is 21.6. The Morgan fingerprint density at radius 3 is 2.46 bits per heavy atom. The number of ether oxygens (including phenoxy) is 1. The Morgan fingerprint density at radius 1 is 1.08 bits per heavy atom. The average molecular weight is 533 g/mol. The van der Waals surface area contributed by atoms with Crippen molar-refractivity contribution in [3.63, 3.8) is 0 Å². The molecule has 9 heteroatoms. The first-order valence-corrected chi connectivity index (χ1v) is 12.7. The van der Waals surface area contributed by atoms with Crippen LogP contribution in [0.2, 0.25) is 0 Å². The molecule has 1 aliphatic rings. The molecule has 0 spiro atoms. The van der Waals surface area contributed by atoms with E-state index in [-0.39, 0.29) is 42.6 Å². The molecule has 3 aromatic carbocycles. The van der Waals surface area contributed by atoms with Gasteiger partial charge in [0.15, 0.2) is 0 Å². The number of nitrogens with one attached hydrogen (secondary N) is 2. The van der Waals surface area contributed by atoms with Gasteiger partial charge in [-0.05, 0) is 47.4 Å². The van der Waals surface area contributed by atoms with Gasteiger partial charge < -0.3 is 20.3 Å². The number of alkyl halides is 2. The molecule has 2 amide bonds. The molecule has 0 bridgehead atoms. The van der Waals surface area contributed by atoms with Gasteiger partial charge in [-0.25, -0.2) is 0 Å². The fraction of sp³-hybridized carbons (Fsp3) is 0.300. The molecule has 1 aliphatic heterocycles. The van der Waals surface area contributed by atoms with Crippen LogP contribution in [0.15, 0.2) is 72.8 Å². The summed E-state index contributed by atoms with van der Waals surface area (Å²) < 4.78 is 31.2. The van der Waals surface area contributed by atoms with E-state index in [0.717, 1.165) is 16.7 Å². The summed E-state index contributed by atoms with van der Waals surface area (Å²) >= 11 is 0. The number of carbonyl (C=O) groups excluding carboxylic acids is 2. The molecule has 39 heavy (non-hydrogen) atoms. The summed E-state index contributed by atoms with van der Waals surface area (Å²) in [6, 6.07) is 24.0. The van der Waals surface area contributed by atoms with Crippen LogP contribution in [0.1, 0.15) is 36.0 Å². The van der Waals surface area contributed by atoms with Gasteiger partial charge in [0.1, 0.15) is 5.75 Å². The van der Waals surface area contributed by atoms with Crippen LogP contribution in [0.4, 0.5) is 8.78 Å². The van der Waals surface area contributed by atoms with E-state index in [0.29, 0.717) is 30.6 Å². The smallest absolute Gasteiger partial charge is 0.387 e. The molecule has 2 N–H and O–H groups in total. The molecule has 1 heterocycles. The second kappa shape index (κ2) is 13.0. The molecule has 2 atom stereocenters. The zero-order chi connectivity index (χ0) is 27.8. The number of amides is 2. The molecular formula is C30H30F2N4O3. The van der Waals surface area contributed by atoms with Crippen LogP contribution in [0.3, 0.4) is 0 Å². The number of nitriles is 1. The summed E-state index contributed by atoms with van der Waals surface area (Å²) in [4.78, 5) is 25.7. The van der Waals surface area contributed by atoms with Crippen molar-refractivity contribution in [3.05, 3.63) is 89.5 Å². The largest absolute Gasteiger partial charge is 0.434 e. The Hall–Kier alpha value is -4.29. The van der Waals surface area contributed by atoms with Crippen molar-refractivity contribution in [2.45, 2.75) is 38.5 Å². The van der Waals surface area contributed by atoms with Crippen LogP contribution in [-0.4, -0.2) is 49.0 Å². The highest BCUT2D eigenvalue weighted by atomic mass is 19.3. The van der Waals surface area contributed by atoms with Gasteiger partial charge in [-0.3, -0.25) is 9.59 Å². The molecule has 7 nitrogen and oxygen atoms in total. The third-order valence-corrected chi connectivity index (χ3v) is 6.86. The summed E-state index contributed by atoms with van der Waals surface area (Å²) in [6.07, 6.45) is 0.645. The predicted molar refractivity (Wildman–Crippen MR) is 143 cm³/mol. The van der Waals surface area contributed by atoms with Gasteiger partial charge in [-0.15, -0.1) is 0 Å². The van der Waals surface area contributed by atoms with E-state index < -0.39 is 6.61 Å². The van der Waals surface area contributed by atoms with Crippen molar-refractivity contribution < 1.29 is 23.1 Å². The quantitative estimate of drug-likeness (QED) is 0.425. The van der Waals surface area contributed by atoms with Crippen LogP contribution in [0, 0.1) is 11.3 Å².